The van der Waals surface area contributed by atoms with E-state index in [0.29, 0.717) is 18.1 Å². The van der Waals surface area contributed by atoms with Crippen LogP contribution in [0.25, 0.3) is 0 Å². The minimum absolute atomic E-state index is 0.0985. The van der Waals surface area contributed by atoms with Crippen molar-refractivity contribution in [3.05, 3.63) is 29.6 Å². The number of ether oxygens (including phenoxy) is 1. The summed E-state index contributed by atoms with van der Waals surface area (Å²) >= 11 is 0. The maximum Gasteiger partial charge on any atom is 0.308 e. The van der Waals surface area contributed by atoms with E-state index >= 15 is 0 Å². The zero-order chi connectivity index (χ0) is 20.1. The van der Waals surface area contributed by atoms with E-state index in [2.05, 4.69) is 20.8 Å². The van der Waals surface area contributed by atoms with Crippen LogP contribution >= 0.6 is 0 Å². The number of aryl methyl sites for hydroxylation is 1. The Morgan fingerprint density at radius 1 is 1.36 bits per heavy atom. The molecule has 8 nitrogen and oxygen atoms in total. The van der Waals surface area contributed by atoms with Gasteiger partial charge in [0.2, 0.25) is 0 Å². The number of anilines is 2. The Bertz CT molecular complexity index is 815. The quantitative estimate of drug-likeness (QED) is 0.555. The fourth-order valence-corrected chi connectivity index (χ4v) is 3.88. The Hall–Kier alpha value is -2.64. The minimum Gasteiger partial charge on any atom is -0.466 e. The third kappa shape index (κ3) is 4.43. The SMILES string of the molecule is CCOC(=O)CC(C)(Nc1cc(C)ccc1N)c1nnnn1C1CCCCC1. The number of tetrazole rings is 1. The van der Waals surface area contributed by atoms with Gasteiger partial charge in [-0.15, -0.1) is 5.10 Å². The number of carbonyl (C=O) groups excluding carboxylic acids is 1. The lowest BCUT2D eigenvalue weighted by Gasteiger charge is -2.33. The number of hydrogen-bond donors (Lipinski definition) is 2. The molecule has 0 bridgehead atoms. The zero-order valence-corrected chi connectivity index (χ0v) is 16.9. The fraction of sp³-hybridized carbons (Fsp3) is 0.600. The third-order valence-corrected chi connectivity index (χ3v) is 5.33. The molecule has 1 aromatic heterocycles. The van der Waals surface area contributed by atoms with Crippen molar-refractivity contribution in [2.45, 2.75) is 70.9 Å². The Morgan fingerprint density at radius 3 is 2.82 bits per heavy atom. The highest BCUT2D eigenvalue weighted by molar-refractivity contribution is 5.74. The summed E-state index contributed by atoms with van der Waals surface area (Å²) in [6.07, 6.45) is 5.75. The summed E-state index contributed by atoms with van der Waals surface area (Å²) in [5.74, 6) is 0.329. The summed E-state index contributed by atoms with van der Waals surface area (Å²) in [5.41, 5.74) is 7.77. The zero-order valence-electron chi connectivity index (χ0n) is 16.9. The van der Waals surface area contributed by atoms with Gasteiger partial charge < -0.3 is 15.8 Å². The first kappa shape index (κ1) is 20.1. The van der Waals surface area contributed by atoms with Crippen molar-refractivity contribution in [2.75, 3.05) is 17.7 Å². The van der Waals surface area contributed by atoms with Crippen LogP contribution in [-0.2, 0) is 15.1 Å². The molecule has 1 aromatic carbocycles. The van der Waals surface area contributed by atoms with E-state index in [9.17, 15) is 4.79 Å². The number of hydrogen-bond acceptors (Lipinski definition) is 7. The van der Waals surface area contributed by atoms with E-state index in [4.69, 9.17) is 10.5 Å². The lowest BCUT2D eigenvalue weighted by Crippen LogP contribution is -2.39. The summed E-state index contributed by atoms with van der Waals surface area (Å²) in [4.78, 5) is 12.4. The largest absolute Gasteiger partial charge is 0.466 e. The van der Waals surface area contributed by atoms with Crippen LogP contribution < -0.4 is 11.1 Å². The highest BCUT2D eigenvalue weighted by atomic mass is 16.5. The predicted molar refractivity (Wildman–Crippen MR) is 108 cm³/mol. The molecule has 1 saturated carbocycles. The lowest BCUT2D eigenvalue weighted by molar-refractivity contribution is -0.144. The van der Waals surface area contributed by atoms with Crippen LogP contribution in [-0.4, -0.2) is 32.8 Å². The van der Waals surface area contributed by atoms with Crippen molar-refractivity contribution in [2.24, 2.45) is 0 Å². The first-order valence-corrected chi connectivity index (χ1v) is 10.0. The molecule has 28 heavy (non-hydrogen) atoms. The number of carbonyl (C=O) groups is 1. The molecule has 0 spiro atoms. The maximum absolute atomic E-state index is 12.4. The summed E-state index contributed by atoms with van der Waals surface area (Å²) in [5, 5.41) is 16.0. The number of benzene rings is 1. The van der Waals surface area contributed by atoms with Crippen LogP contribution in [0.15, 0.2) is 18.2 Å². The number of nitrogens with two attached hydrogens (primary N) is 1. The first-order valence-electron chi connectivity index (χ1n) is 10.0. The molecular weight excluding hydrogens is 356 g/mol. The number of nitrogens with one attached hydrogen (secondary N) is 1. The molecule has 0 aliphatic heterocycles. The van der Waals surface area contributed by atoms with Gasteiger partial charge in [-0.1, -0.05) is 25.3 Å². The van der Waals surface area contributed by atoms with Gasteiger partial charge in [0.1, 0.15) is 5.54 Å². The summed E-state index contributed by atoms with van der Waals surface area (Å²) in [6, 6.07) is 6.02. The van der Waals surface area contributed by atoms with Crippen molar-refractivity contribution >= 4 is 17.3 Å². The Balaban J connectivity index is 1.98. The standard InChI is InChI=1S/C20H30N6O2/c1-4-28-18(27)13-20(3,22-17-12-14(2)10-11-16(17)21)19-23-24-25-26(19)15-8-6-5-7-9-15/h10-12,15,22H,4-9,13,21H2,1-3H3. The number of nitrogen functional groups attached to an aromatic ring is 1. The van der Waals surface area contributed by atoms with Gasteiger partial charge >= 0.3 is 5.97 Å². The maximum atomic E-state index is 12.4. The summed E-state index contributed by atoms with van der Waals surface area (Å²) in [6.45, 7) is 6.05. The fourth-order valence-electron chi connectivity index (χ4n) is 3.88. The number of aromatic nitrogens is 4. The second kappa shape index (κ2) is 8.58. The summed E-state index contributed by atoms with van der Waals surface area (Å²) < 4.78 is 7.11. The second-order valence-corrected chi connectivity index (χ2v) is 7.77. The monoisotopic (exact) mass is 386 g/mol. The average molecular weight is 387 g/mol. The summed E-state index contributed by atoms with van der Waals surface area (Å²) in [7, 11) is 0. The van der Waals surface area contributed by atoms with E-state index in [1.165, 1.54) is 6.42 Å². The average Bonchev–Trinajstić information content (AvgIpc) is 3.16. The lowest BCUT2D eigenvalue weighted by atomic mass is 9.92. The van der Waals surface area contributed by atoms with Gasteiger partial charge in [0.15, 0.2) is 5.82 Å². The molecule has 3 N–H and O–H groups in total. The number of esters is 1. The van der Waals surface area contributed by atoms with Gasteiger partial charge in [-0.3, -0.25) is 4.79 Å². The van der Waals surface area contributed by atoms with E-state index in [0.717, 1.165) is 36.9 Å². The highest BCUT2D eigenvalue weighted by Gasteiger charge is 2.38. The molecule has 152 valence electrons. The molecule has 3 rings (SSSR count). The molecule has 1 aliphatic rings. The second-order valence-electron chi connectivity index (χ2n) is 7.77. The molecule has 0 radical (unpaired) electrons. The van der Waals surface area contributed by atoms with Gasteiger partial charge in [0, 0.05) is 0 Å². The molecule has 8 heteroatoms. The van der Waals surface area contributed by atoms with E-state index in [-0.39, 0.29) is 18.4 Å². The van der Waals surface area contributed by atoms with E-state index < -0.39 is 5.54 Å². The number of rotatable bonds is 7. The van der Waals surface area contributed by atoms with Crippen molar-refractivity contribution < 1.29 is 9.53 Å². The van der Waals surface area contributed by atoms with Crippen LogP contribution in [0.5, 0.6) is 0 Å². The molecule has 1 aliphatic carbocycles. The molecule has 1 heterocycles. The third-order valence-electron chi connectivity index (χ3n) is 5.33. The van der Waals surface area contributed by atoms with Crippen LogP contribution in [0.4, 0.5) is 11.4 Å². The van der Waals surface area contributed by atoms with Gasteiger partial charge in [-0.2, -0.15) is 0 Å². The minimum atomic E-state index is -0.852. The number of nitrogens with zero attached hydrogens (tertiary/aromatic N) is 4. The predicted octanol–water partition coefficient (Wildman–Crippen LogP) is 3.35. The molecular formula is C20H30N6O2. The van der Waals surface area contributed by atoms with Crippen LogP contribution in [0.1, 0.15) is 69.8 Å². The molecule has 0 amide bonds. The van der Waals surface area contributed by atoms with E-state index in [1.807, 2.05) is 36.7 Å². The van der Waals surface area contributed by atoms with Gasteiger partial charge in [-0.25, -0.2) is 4.68 Å². The Labute approximate surface area is 165 Å². The van der Waals surface area contributed by atoms with Crippen molar-refractivity contribution in [1.29, 1.82) is 0 Å². The van der Waals surface area contributed by atoms with Gasteiger partial charge in [0.25, 0.3) is 0 Å². The molecule has 0 saturated heterocycles. The van der Waals surface area contributed by atoms with Crippen molar-refractivity contribution in [3.8, 4) is 0 Å². The van der Waals surface area contributed by atoms with Crippen molar-refractivity contribution in [1.82, 2.24) is 20.2 Å². The van der Waals surface area contributed by atoms with Gasteiger partial charge in [-0.05, 0) is 61.7 Å². The molecule has 1 fully saturated rings. The van der Waals surface area contributed by atoms with Crippen LogP contribution in [0.2, 0.25) is 0 Å². The normalized spacial score (nSPS) is 17.1. The molecule has 1 atom stereocenters. The first-order chi connectivity index (χ1) is 13.4. The van der Waals surface area contributed by atoms with Gasteiger partial charge in [0.05, 0.1) is 30.4 Å². The topological polar surface area (TPSA) is 108 Å². The van der Waals surface area contributed by atoms with Crippen LogP contribution in [0, 0.1) is 6.92 Å². The molecule has 2 aromatic rings. The highest BCUT2D eigenvalue weighted by Crippen LogP contribution is 2.35. The van der Waals surface area contributed by atoms with Crippen molar-refractivity contribution in [3.63, 3.8) is 0 Å². The molecule has 1 unspecified atom stereocenters. The Kier molecular flexibility index (Phi) is 6.16. The van der Waals surface area contributed by atoms with E-state index in [1.54, 1.807) is 6.92 Å². The smallest absolute Gasteiger partial charge is 0.308 e. The Morgan fingerprint density at radius 2 is 2.11 bits per heavy atom. The van der Waals surface area contributed by atoms with Crippen LogP contribution in [0.3, 0.4) is 0 Å².